The smallest absolute Gasteiger partial charge is 0.239 e. The molecule has 5 nitrogen and oxygen atoms in total. The number of likely N-dealkylation sites (N-methyl/N-ethyl adjacent to an activating group) is 1. The van der Waals surface area contributed by atoms with Crippen LogP contribution in [0.3, 0.4) is 0 Å². The van der Waals surface area contributed by atoms with Crippen molar-refractivity contribution in [1.29, 1.82) is 0 Å². The third-order valence-corrected chi connectivity index (χ3v) is 3.30. The predicted octanol–water partition coefficient (Wildman–Crippen LogP) is 0.847. The van der Waals surface area contributed by atoms with Crippen LogP contribution in [0.25, 0.3) is 0 Å². The van der Waals surface area contributed by atoms with Gasteiger partial charge in [0, 0.05) is 13.1 Å². The maximum absolute atomic E-state index is 11.9. The van der Waals surface area contributed by atoms with E-state index in [0.717, 1.165) is 12.8 Å². The molecule has 2 amide bonds. The first kappa shape index (κ1) is 14.5. The molecule has 2 N–H and O–H groups in total. The molecule has 1 aromatic carbocycles. The number of nitrogens with one attached hydrogen (secondary N) is 1. The van der Waals surface area contributed by atoms with Gasteiger partial charge in [0.1, 0.15) is 0 Å². The van der Waals surface area contributed by atoms with E-state index in [0.29, 0.717) is 11.6 Å². The largest absolute Gasteiger partial charge is 0.388 e. The van der Waals surface area contributed by atoms with E-state index in [9.17, 15) is 14.7 Å². The van der Waals surface area contributed by atoms with Gasteiger partial charge in [0.25, 0.3) is 0 Å². The van der Waals surface area contributed by atoms with E-state index in [2.05, 4.69) is 5.32 Å². The monoisotopic (exact) mass is 276 g/mol. The Morgan fingerprint density at radius 2 is 2.00 bits per heavy atom. The number of rotatable bonds is 6. The minimum Gasteiger partial charge on any atom is -0.388 e. The molecule has 0 spiro atoms. The summed E-state index contributed by atoms with van der Waals surface area (Å²) in [6.45, 7) is 0.0385. The highest BCUT2D eigenvalue weighted by Crippen LogP contribution is 2.19. The predicted molar refractivity (Wildman–Crippen MR) is 74.8 cm³/mol. The molecule has 2 rings (SSSR count). The number of nitrogens with zero attached hydrogens (tertiary/aromatic N) is 1. The third kappa shape index (κ3) is 4.35. The molecule has 20 heavy (non-hydrogen) atoms. The summed E-state index contributed by atoms with van der Waals surface area (Å²) in [6.07, 6.45) is 1.20. The van der Waals surface area contributed by atoms with Crippen LogP contribution >= 0.6 is 0 Å². The van der Waals surface area contributed by atoms with Gasteiger partial charge < -0.3 is 15.3 Å². The van der Waals surface area contributed by atoms with Crippen molar-refractivity contribution >= 4 is 11.8 Å². The van der Waals surface area contributed by atoms with Crippen LogP contribution in [0, 0.1) is 0 Å². The van der Waals surface area contributed by atoms with E-state index < -0.39 is 6.10 Å². The summed E-state index contributed by atoms with van der Waals surface area (Å²) in [4.78, 5) is 24.9. The Balaban J connectivity index is 1.79. The van der Waals surface area contributed by atoms with Gasteiger partial charge in [0.2, 0.25) is 11.8 Å². The third-order valence-electron chi connectivity index (χ3n) is 3.30. The molecule has 5 heteroatoms. The maximum Gasteiger partial charge on any atom is 0.239 e. The summed E-state index contributed by atoms with van der Waals surface area (Å²) in [5.41, 5.74) is 0.705. The van der Waals surface area contributed by atoms with Crippen LogP contribution in [-0.2, 0) is 9.59 Å². The Morgan fingerprint density at radius 1 is 1.35 bits per heavy atom. The van der Waals surface area contributed by atoms with Gasteiger partial charge in [-0.1, -0.05) is 30.3 Å². The molecule has 0 aromatic heterocycles. The van der Waals surface area contributed by atoms with Crippen molar-refractivity contribution in [2.45, 2.75) is 31.4 Å². The van der Waals surface area contributed by atoms with Gasteiger partial charge in [0.15, 0.2) is 0 Å². The van der Waals surface area contributed by atoms with Crippen molar-refractivity contribution in [3.63, 3.8) is 0 Å². The molecule has 0 aliphatic heterocycles. The topological polar surface area (TPSA) is 69.6 Å². The molecule has 0 bridgehead atoms. The first-order valence-electron chi connectivity index (χ1n) is 6.82. The SMILES string of the molecule is CN(CC(=O)NC1CC1)C(=O)CC(O)c1ccccc1. The van der Waals surface area contributed by atoms with E-state index in [4.69, 9.17) is 0 Å². The van der Waals surface area contributed by atoms with Crippen molar-refractivity contribution in [3.8, 4) is 0 Å². The molecule has 1 aromatic rings. The van der Waals surface area contributed by atoms with Gasteiger partial charge >= 0.3 is 0 Å². The minimum atomic E-state index is -0.836. The zero-order valence-electron chi connectivity index (χ0n) is 11.6. The van der Waals surface area contributed by atoms with Gasteiger partial charge in [-0.25, -0.2) is 0 Å². The number of carbonyl (C=O) groups excluding carboxylic acids is 2. The van der Waals surface area contributed by atoms with E-state index in [1.807, 2.05) is 18.2 Å². The fraction of sp³-hybridized carbons (Fsp3) is 0.467. The van der Waals surface area contributed by atoms with Gasteiger partial charge in [-0.05, 0) is 18.4 Å². The Hall–Kier alpha value is -1.88. The molecule has 1 unspecified atom stereocenters. The molecule has 1 aliphatic carbocycles. The van der Waals surface area contributed by atoms with Crippen molar-refractivity contribution in [2.75, 3.05) is 13.6 Å². The number of benzene rings is 1. The lowest BCUT2D eigenvalue weighted by Crippen LogP contribution is -2.39. The summed E-state index contributed by atoms with van der Waals surface area (Å²) in [5, 5.41) is 12.8. The summed E-state index contributed by atoms with van der Waals surface area (Å²) in [5.74, 6) is -0.384. The van der Waals surface area contributed by atoms with Crippen LogP contribution in [0.1, 0.15) is 30.9 Å². The molecule has 1 saturated carbocycles. The Morgan fingerprint density at radius 3 is 2.60 bits per heavy atom. The fourth-order valence-electron chi connectivity index (χ4n) is 1.92. The van der Waals surface area contributed by atoms with Crippen molar-refractivity contribution in [1.82, 2.24) is 10.2 Å². The Kier molecular flexibility index (Phi) is 4.74. The molecule has 0 radical (unpaired) electrons. The number of aliphatic hydroxyl groups excluding tert-OH is 1. The number of hydrogen-bond acceptors (Lipinski definition) is 3. The highest BCUT2D eigenvalue weighted by molar-refractivity contribution is 5.85. The second-order valence-electron chi connectivity index (χ2n) is 5.22. The molecule has 1 fully saturated rings. The Labute approximate surface area is 118 Å². The quantitative estimate of drug-likeness (QED) is 0.809. The lowest BCUT2D eigenvalue weighted by Gasteiger charge is -2.19. The molecular weight excluding hydrogens is 256 g/mol. The highest BCUT2D eigenvalue weighted by Gasteiger charge is 2.24. The van der Waals surface area contributed by atoms with Crippen LogP contribution < -0.4 is 5.32 Å². The summed E-state index contributed by atoms with van der Waals surface area (Å²) < 4.78 is 0. The number of carbonyl (C=O) groups is 2. The number of hydrogen-bond donors (Lipinski definition) is 2. The van der Waals surface area contributed by atoms with Crippen LogP contribution in [-0.4, -0.2) is 41.5 Å². The lowest BCUT2D eigenvalue weighted by molar-refractivity contribution is -0.136. The highest BCUT2D eigenvalue weighted by atomic mass is 16.3. The van der Waals surface area contributed by atoms with E-state index >= 15 is 0 Å². The second-order valence-corrected chi connectivity index (χ2v) is 5.22. The number of aliphatic hydroxyl groups is 1. The number of amides is 2. The molecular formula is C15H20N2O3. The van der Waals surface area contributed by atoms with Crippen LogP contribution in [0.15, 0.2) is 30.3 Å². The van der Waals surface area contributed by atoms with Gasteiger partial charge in [-0.15, -0.1) is 0 Å². The van der Waals surface area contributed by atoms with E-state index in [-0.39, 0.29) is 24.8 Å². The molecule has 108 valence electrons. The minimum absolute atomic E-state index is 0.0166. The van der Waals surface area contributed by atoms with Crippen molar-refractivity contribution in [2.24, 2.45) is 0 Å². The summed E-state index contributed by atoms with van der Waals surface area (Å²) in [6, 6.07) is 9.33. The summed E-state index contributed by atoms with van der Waals surface area (Å²) >= 11 is 0. The second kappa shape index (κ2) is 6.52. The average molecular weight is 276 g/mol. The zero-order valence-corrected chi connectivity index (χ0v) is 11.6. The first-order chi connectivity index (χ1) is 9.56. The normalized spacial score (nSPS) is 15.5. The van der Waals surface area contributed by atoms with Crippen molar-refractivity contribution in [3.05, 3.63) is 35.9 Å². The molecule has 0 heterocycles. The van der Waals surface area contributed by atoms with Gasteiger partial charge in [0.05, 0.1) is 19.1 Å². The molecule has 1 atom stereocenters. The molecule has 0 saturated heterocycles. The lowest BCUT2D eigenvalue weighted by atomic mass is 10.1. The zero-order chi connectivity index (χ0) is 14.5. The van der Waals surface area contributed by atoms with Gasteiger partial charge in [-0.3, -0.25) is 9.59 Å². The standard InChI is InChI=1S/C15H20N2O3/c1-17(10-14(19)16-12-7-8-12)15(20)9-13(18)11-5-3-2-4-6-11/h2-6,12-13,18H,7-10H2,1H3,(H,16,19). The van der Waals surface area contributed by atoms with E-state index in [1.54, 1.807) is 19.2 Å². The van der Waals surface area contributed by atoms with Crippen LogP contribution in [0.2, 0.25) is 0 Å². The van der Waals surface area contributed by atoms with E-state index in [1.165, 1.54) is 4.90 Å². The average Bonchev–Trinajstić information content (AvgIpc) is 3.23. The van der Waals surface area contributed by atoms with Crippen molar-refractivity contribution < 1.29 is 14.7 Å². The van der Waals surface area contributed by atoms with Gasteiger partial charge in [-0.2, -0.15) is 0 Å². The first-order valence-corrected chi connectivity index (χ1v) is 6.82. The summed E-state index contributed by atoms with van der Waals surface area (Å²) in [7, 11) is 1.58. The maximum atomic E-state index is 11.9. The van der Waals surface area contributed by atoms with Crippen LogP contribution in [0.5, 0.6) is 0 Å². The molecule has 1 aliphatic rings. The fourth-order valence-corrected chi connectivity index (χ4v) is 1.92. The Bertz CT molecular complexity index is 471. The van der Waals surface area contributed by atoms with Crippen LogP contribution in [0.4, 0.5) is 0 Å².